The molecule has 1 saturated carbocycles. The largest absolute Gasteiger partial charge is 0.392 e. The van der Waals surface area contributed by atoms with E-state index in [1.807, 2.05) is 0 Å². The number of aliphatic hydroxyl groups excluding tert-OH is 1. The SMILES string of the molecule is CCN(CCNS(=O)(=O)c1ccc(F)c(CO)c1)C1CC1. The van der Waals surface area contributed by atoms with E-state index in [2.05, 4.69) is 16.5 Å². The number of halogens is 1. The van der Waals surface area contributed by atoms with Gasteiger partial charge in [0.1, 0.15) is 5.82 Å². The second-order valence-corrected chi connectivity index (χ2v) is 6.94. The maximum atomic E-state index is 13.3. The molecule has 0 saturated heterocycles. The van der Waals surface area contributed by atoms with Crippen LogP contribution in [0, 0.1) is 5.82 Å². The first-order chi connectivity index (χ1) is 9.97. The number of aliphatic hydroxyl groups is 1. The summed E-state index contributed by atoms with van der Waals surface area (Å²) in [4.78, 5) is 2.22. The molecule has 1 aromatic carbocycles. The van der Waals surface area contributed by atoms with Crippen molar-refractivity contribution in [3.8, 4) is 0 Å². The van der Waals surface area contributed by atoms with E-state index in [1.54, 1.807) is 0 Å². The molecule has 2 N–H and O–H groups in total. The van der Waals surface area contributed by atoms with E-state index in [4.69, 9.17) is 5.11 Å². The van der Waals surface area contributed by atoms with E-state index in [9.17, 15) is 12.8 Å². The van der Waals surface area contributed by atoms with Gasteiger partial charge in [-0.25, -0.2) is 17.5 Å². The zero-order valence-corrected chi connectivity index (χ0v) is 12.9. The molecule has 0 unspecified atom stereocenters. The zero-order valence-electron chi connectivity index (χ0n) is 12.0. The van der Waals surface area contributed by atoms with Gasteiger partial charge in [-0.1, -0.05) is 6.92 Å². The van der Waals surface area contributed by atoms with Crippen molar-refractivity contribution in [1.82, 2.24) is 9.62 Å². The van der Waals surface area contributed by atoms with E-state index in [0.717, 1.165) is 18.7 Å². The van der Waals surface area contributed by atoms with E-state index in [0.29, 0.717) is 19.1 Å². The van der Waals surface area contributed by atoms with E-state index >= 15 is 0 Å². The lowest BCUT2D eigenvalue weighted by Crippen LogP contribution is -2.36. The van der Waals surface area contributed by atoms with Crippen molar-refractivity contribution in [3.63, 3.8) is 0 Å². The van der Waals surface area contributed by atoms with Crippen molar-refractivity contribution in [3.05, 3.63) is 29.6 Å². The van der Waals surface area contributed by atoms with Crippen LogP contribution in [-0.2, 0) is 16.6 Å². The average molecular weight is 316 g/mol. The lowest BCUT2D eigenvalue weighted by Gasteiger charge is -2.19. The van der Waals surface area contributed by atoms with Gasteiger partial charge in [0.25, 0.3) is 0 Å². The van der Waals surface area contributed by atoms with Gasteiger partial charge in [-0.3, -0.25) is 4.90 Å². The lowest BCUT2D eigenvalue weighted by atomic mass is 10.2. The summed E-state index contributed by atoms with van der Waals surface area (Å²) in [6.07, 6.45) is 2.36. The number of rotatable bonds is 8. The molecule has 7 heteroatoms. The van der Waals surface area contributed by atoms with Gasteiger partial charge in [-0.2, -0.15) is 0 Å². The molecule has 1 aliphatic carbocycles. The maximum absolute atomic E-state index is 13.3. The highest BCUT2D eigenvalue weighted by Gasteiger charge is 2.27. The molecule has 0 spiro atoms. The van der Waals surface area contributed by atoms with Crippen molar-refractivity contribution in [2.45, 2.75) is 37.3 Å². The van der Waals surface area contributed by atoms with E-state index < -0.39 is 22.4 Å². The molecular formula is C14H21FN2O3S. The fourth-order valence-electron chi connectivity index (χ4n) is 2.28. The van der Waals surface area contributed by atoms with Gasteiger partial charge < -0.3 is 5.11 Å². The minimum atomic E-state index is -3.67. The van der Waals surface area contributed by atoms with Crippen molar-refractivity contribution in [2.75, 3.05) is 19.6 Å². The van der Waals surface area contributed by atoms with Gasteiger partial charge in [0.15, 0.2) is 0 Å². The van der Waals surface area contributed by atoms with Crippen LogP contribution in [0.2, 0.25) is 0 Å². The summed E-state index contributed by atoms with van der Waals surface area (Å²) >= 11 is 0. The van der Waals surface area contributed by atoms with Crippen LogP contribution in [0.1, 0.15) is 25.3 Å². The molecule has 21 heavy (non-hydrogen) atoms. The van der Waals surface area contributed by atoms with Crippen molar-refractivity contribution < 1.29 is 17.9 Å². The van der Waals surface area contributed by atoms with Gasteiger partial charge in [0.05, 0.1) is 11.5 Å². The molecule has 2 rings (SSSR count). The Morgan fingerprint density at radius 1 is 1.43 bits per heavy atom. The van der Waals surface area contributed by atoms with Gasteiger partial charge in [-0.15, -0.1) is 0 Å². The molecule has 0 heterocycles. The molecule has 0 amide bonds. The van der Waals surface area contributed by atoms with Crippen LogP contribution in [0.4, 0.5) is 4.39 Å². The Bertz CT molecular complexity index is 588. The third kappa shape index (κ3) is 4.23. The van der Waals surface area contributed by atoms with Crippen LogP contribution >= 0.6 is 0 Å². The third-order valence-corrected chi connectivity index (χ3v) is 5.12. The molecule has 0 atom stereocenters. The first-order valence-corrected chi connectivity index (χ1v) is 8.59. The molecule has 0 bridgehead atoms. The van der Waals surface area contributed by atoms with Gasteiger partial charge in [0, 0.05) is 24.7 Å². The Labute approximate surface area is 124 Å². The molecule has 1 aromatic rings. The molecule has 1 fully saturated rings. The number of hydrogen-bond donors (Lipinski definition) is 2. The number of benzene rings is 1. The van der Waals surface area contributed by atoms with Crippen LogP contribution in [-0.4, -0.2) is 44.1 Å². The number of nitrogens with zero attached hydrogens (tertiary/aromatic N) is 1. The fourth-order valence-corrected chi connectivity index (χ4v) is 3.36. The Kier molecular flexibility index (Phi) is 5.32. The average Bonchev–Trinajstić information content (AvgIpc) is 3.28. The number of hydrogen-bond acceptors (Lipinski definition) is 4. The third-order valence-electron chi connectivity index (χ3n) is 3.66. The van der Waals surface area contributed by atoms with Gasteiger partial charge in [-0.05, 0) is 37.6 Å². The first kappa shape index (κ1) is 16.4. The highest BCUT2D eigenvalue weighted by atomic mass is 32.2. The monoisotopic (exact) mass is 316 g/mol. The number of likely N-dealkylation sites (N-methyl/N-ethyl adjacent to an activating group) is 1. The Morgan fingerprint density at radius 3 is 2.71 bits per heavy atom. The van der Waals surface area contributed by atoms with Gasteiger partial charge in [0.2, 0.25) is 10.0 Å². The highest BCUT2D eigenvalue weighted by molar-refractivity contribution is 7.89. The Hall–Kier alpha value is -1.02. The molecule has 0 aliphatic heterocycles. The zero-order chi connectivity index (χ0) is 15.5. The van der Waals surface area contributed by atoms with Crippen LogP contribution in [0.15, 0.2) is 23.1 Å². The quantitative estimate of drug-likeness (QED) is 0.753. The summed E-state index contributed by atoms with van der Waals surface area (Å²) in [6, 6.07) is 4.01. The summed E-state index contributed by atoms with van der Waals surface area (Å²) in [5.41, 5.74) is -0.0222. The summed E-state index contributed by atoms with van der Waals surface area (Å²) in [5, 5.41) is 9.00. The minimum absolute atomic E-state index is 0.0222. The van der Waals surface area contributed by atoms with Crippen molar-refractivity contribution in [2.24, 2.45) is 0 Å². The second kappa shape index (κ2) is 6.83. The number of nitrogens with one attached hydrogen (secondary N) is 1. The topological polar surface area (TPSA) is 69.6 Å². The summed E-state index contributed by atoms with van der Waals surface area (Å²) < 4.78 is 40.1. The predicted molar refractivity (Wildman–Crippen MR) is 77.8 cm³/mol. The van der Waals surface area contributed by atoms with Crippen LogP contribution < -0.4 is 4.72 Å². The maximum Gasteiger partial charge on any atom is 0.240 e. The molecule has 5 nitrogen and oxygen atoms in total. The highest BCUT2D eigenvalue weighted by Crippen LogP contribution is 2.25. The summed E-state index contributed by atoms with van der Waals surface area (Å²) in [6.45, 7) is 3.41. The standard InChI is InChI=1S/C14H21FN2O3S/c1-2-17(12-3-4-12)8-7-16-21(19,20)13-5-6-14(15)11(9-13)10-18/h5-6,9,12,16,18H,2-4,7-8,10H2,1H3. The fraction of sp³-hybridized carbons (Fsp3) is 0.571. The molecular weight excluding hydrogens is 295 g/mol. The lowest BCUT2D eigenvalue weighted by molar-refractivity contribution is 0.275. The predicted octanol–water partition coefficient (Wildman–Crippen LogP) is 1.08. The first-order valence-electron chi connectivity index (χ1n) is 7.11. The minimum Gasteiger partial charge on any atom is -0.392 e. The van der Waals surface area contributed by atoms with Gasteiger partial charge >= 0.3 is 0 Å². The van der Waals surface area contributed by atoms with E-state index in [1.165, 1.54) is 18.9 Å². The molecule has 0 aromatic heterocycles. The normalized spacial score (nSPS) is 15.6. The molecule has 118 valence electrons. The van der Waals surface area contributed by atoms with Crippen LogP contribution in [0.5, 0.6) is 0 Å². The second-order valence-electron chi connectivity index (χ2n) is 5.17. The Morgan fingerprint density at radius 2 is 2.14 bits per heavy atom. The van der Waals surface area contributed by atoms with Crippen LogP contribution in [0.3, 0.4) is 0 Å². The molecule has 0 radical (unpaired) electrons. The van der Waals surface area contributed by atoms with Crippen molar-refractivity contribution in [1.29, 1.82) is 0 Å². The van der Waals surface area contributed by atoms with Crippen molar-refractivity contribution >= 4 is 10.0 Å². The summed E-state index contributed by atoms with van der Waals surface area (Å²) in [7, 11) is -3.67. The summed E-state index contributed by atoms with van der Waals surface area (Å²) in [5.74, 6) is -0.609. The van der Waals surface area contributed by atoms with E-state index in [-0.39, 0.29) is 10.5 Å². The van der Waals surface area contributed by atoms with Crippen LogP contribution in [0.25, 0.3) is 0 Å². The Balaban J connectivity index is 1.97. The smallest absolute Gasteiger partial charge is 0.240 e. The number of sulfonamides is 1. The molecule has 1 aliphatic rings.